The molecule has 1 amide bonds. The van der Waals surface area contributed by atoms with Crippen LogP contribution >= 0.6 is 0 Å². The van der Waals surface area contributed by atoms with Crippen LogP contribution in [0.5, 0.6) is 5.75 Å². The van der Waals surface area contributed by atoms with Gasteiger partial charge in [-0.2, -0.15) is 0 Å². The molecule has 0 fully saturated rings. The molecule has 0 saturated heterocycles. The molecule has 1 N–H and O–H groups in total. The standard InChI is InChI=1S/C29H33NO4/c1-20-6-14-24(15-7-20)30-27(31)26(18-21-8-10-23(11-9-21)28(32)33-5)22-12-16-25(17-13-22)34-19-29(2,3)4/h6-17,26H,18-19H2,1-5H3,(H,30,31). The number of methoxy groups -OCH3 is 1. The summed E-state index contributed by atoms with van der Waals surface area (Å²) in [6, 6.07) is 22.6. The number of carbonyl (C=O) groups is 2. The molecule has 1 unspecified atom stereocenters. The fraction of sp³-hybridized carbons (Fsp3) is 0.310. The molecule has 0 bridgehead atoms. The highest BCUT2D eigenvalue weighted by atomic mass is 16.5. The molecular formula is C29H33NO4. The first-order chi connectivity index (χ1) is 16.1. The highest BCUT2D eigenvalue weighted by Crippen LogP contribution is 2.26. The van der Waals surface area contributed by atoms with E-state index in [1.165, 1.54) is 7.11 Å². The Morgan fingerprint density at radius 3 is 2.06 bits per heavy atom. The highest BCUT2D eigenvalue weighted by molar-refractivity contribution is 5.96. The van der Waals surface area contributed by atoms with Crippen molar-refractivity contribution in [2.75, 3.05) is 19.0 Å². The maximum absolute atomic E-state index is 13.3. The summed E-state index contributed by atoms with van der Waals surface area (Å²) in [4.78, 5) is 25.1. The van der Waals surface area contributed by atoms with Gasteiger partial charge in [-0.05, 0) is 66.3 Å². The van der Waals surface area contributed by atoms with Crippen LogP contribution < -0.4 is 10.1 Å². The molecule has 5 heteroatoms. The van der Waals surface area contributed by atoms with E-state index < -0.39 is 5.92 Å². The average Bonchev–Trinajstić information content (AvgIpc) is 2.82. The summed E-state index contributed by atoms with van der Waals surface area (Å²) in [7, 11) is 1.36. The van der Waals surface area contributed by atoms with Crippen LogP contribution in [0.2, 0.25) is 0 Å². The van der Waals surface area contributed by atoms with Crippen molar-refractivity contribution >= 4 is 17.6 Å². The van der Waals surface area contributed by atoms with E-state index in [9.17, 15) is 9.59 Å². The maximum Gasteiger partial charge on any atom is 0.337 e. The smallest absolute Gasteiger partial charge is 0.337 e. The monoisotopic (exact) mass is 459 g/mol. The van der Waals surface area contributed by atoms with Crippen LogP contribution in [-0.4, -0.2) is 25.6 Å². The quantitative estimate of drug-likeness (QED) is 0.409. The lowest BCUT2D eigenvalue weighted by Gasteiger charge is -2.20. The molecule has 0 aromatic heterocycles. The second kappa shape index (κ2) is 11.0. The second-order valence-corrected chi connectivity index (χ2v) is 9.72. The van der Waals surface area contributed by atoms with Gasteiger partial charge in [0.25, 0.3) is 0 Å². The number of hydrogen-bond donors (Lipinski definition) is 1. The van der Waals surface area contributed by atoms with Crippen molar-refractivity contribution in [2.24, 2.45) is 5.41 Å². The Hall–Kier alpha value is -3.60. The topological polar surface area (TPSA) is 64.6 Å². The molecule has 5 nitrogen and oxygen atoms in total. The van der Waals surface area contributed by atoms with Crippen molar-refractivity contribution in [2.45, 2.75) is 40.0 Å². The van der Waals surface area contributed by atoms with E-state index in [0.29, 0.717) is 18.6 Å². The van der Waals surface area contributed by atoms with Gasteiger partial charge in [-0.25, -0.2) is 4.79 Å². The van der Waals surface area contributed by atoms with E-state index in [1.54, 1.807) is 12.1 Å². The number of ether oxygens (including phenoxy) is 2. The third kappa shape index (κ3) is 7.20. The normalized spacial score (nSPS) is 12.0. The number of hydrogen-bond acceptors (Lipinski definition) is 4. The minimum atomic E-state index is -0.415. The summed E-state index contributed by atoms with van der Waals surface area (Å²) in [6.45, 7) is 8.99. The molecule has 0 radical (unpaired) electrons. The number of esters is 1. The Morgan fingerprint density at radius 1 is 0.882 bits per heavy atom. The van der Waals surface area contributed by atoms with Gasteiger partial charge in [-0.1, -0.05) is 62.7 Å². The third-order valence-electron chi connectivity index (χ3n) is 5.40. The zero-order valence-corrected chi connectivity index (χ0v) is 20.6. The predicted molar refractivity (Wildman–Crippen MR) is 135 cm³/mol. The van der Waals surface area contributed by atoms with Crippen LogP contribution in [0.25, 0.3) is 0 Å². The summed E-state index contributed by atoms with van der Waals surface area (Å²) < 4.78 is 10.7. The lowest BCUT2D eigenvalue weighted by molar-refractivity contribution is -0.117. The van der Waals surface area contributed by atoms with Crippen molar-refractivity contribution in [1.82, 2.24) is 0 Å². The number of aryl methyl sites for hydroxylation is 1. The van der Waals surface area contributed by atoms with Crippen molar-refractivity contribution in [3.63, 3.8) is 0 Å². The average molecular weight is 460 g/mol. The van der Waals surface area contributed by atoms with Crippen LogP contribution in [0, 0.1) is 12.3 Å². The van der Waals surface area contributed by atoms with Gasteiger partial charge in [-0.3, -0.25) is 4.79 Å². The summed E-state index contributed by atoms with van der Waals surface area (Å²) in [5, 5.41) is 3.04. The lowest BCUT2D eigenvalue weighted by atomic mass is 9.90. The van der Waals surface area contributed by atoms with Crippen molar-refractivity contribution in [3.8, 4) is 5.75 Å². The molecule has 3 rings (SSSR count). The Balaban J connectivity index is 1.82. The van der Waals surface area contributed by atoms with Crippen LogP contribution in [0.3, 0.4) is 0 Å². The predicted octanol–water partition coefficient (Wildman–Crippen LogP) is 6.17. The Labute approximate surface area is 202 Å². The lowest BCUT2D eigenvalue weighted by Crippen LogP contribution is -2.23. The SMILES string of the molecule is COC(=O)c1ccc(CC(C(=O)Nc2ccc(C)cc2)c2ccc(OCC(C)(C)C)cc2)cc1. The zero-order chi connectivity index (χ0) is 24.7. The van der Waals surface area contributed by atoms with Crippen LogP contribution in [-0.2, 0) is 16.0 Å². The minimum Gasteiger partial charge on any atom is -0.493 e. The van der Waals surface area contributed by atoms with Gasteiger partial charge in [0.15, 0.2) is 0 Å². The number of nitrogens with one attached hydrogen (secondary N) is 1. The molecule has 3 aromatic carbocycles. The van der Waals surface area contributed by atoms with Crippen LogP contribution in [0.4, 0.5) is 5.69 Å². The van der Waals surface area contributed by atoms with Crippen molar-refractivity contribution < 1.29 is 19.1 Å². The van der Waals surface area contributed by atoms with Gasteiger partial charge in [-0.15, -0.1) is 0 Å². The van der Waals surface area contributed by atoms with Gasteiger partial charge in [0.2, 0.25) is 5.91 Å². The maximum atomic E-state index is 13.3. The van der Waals surface area contributed by atoms with Crippen LogP contribution in [0.15, 0.2) is 72.8 Å². The van der Waals surface area contributed by atoms with E-state index in [2.05, 4.69) is 26.1 Å². The molecule has 3 aromatic rings. The number of rotatable bonds is 8. The van der Waals surface area contributed by atoms with E-state index in [1.807, 2.05) is 67.6 Å². The zero-order valence-electron chi connectivity index (χ0n) is 20.6. The molecule has 1 atom stereocenters. The number of anilines is 1. The Kier molecular flexibility index (Phi) is 8.11. The third-order valence-corrected chi connectivity index (χ3v) is 5.40. The van der Waals surface area contributed by atoms with Gasteiger partial charge in [0.1, 0.15) is 5.75 Å². The van der Waals surface area contributed by atoms with E-state index in [4.69, 9.17) is 9.47 Å². The van der Waals surface area contributed by atoms with Crippen LogP contribution in [0.1, 0.15) is 53.7 Å². The van der Waals surface area contributed by atoms with E-state index in [-0.39, 0.29) is 17.3 Å². The summed E-state index contributed by atoms with van der Waals surface area (Å²) in [5.74, 6) is -0.115. The molecule has 0 heterocycles. The largest absolute Gasteiger partial charge is 0.493 e. The second-order valence-electron chi connectivity index (χ2n) is 9.72. The Bertz CT molecular complexity index is 1090. The fourth-order valence-corrected chi connectivity index (χ4v) is 3.45. The van der Waals surface area contributed by atoms with Gasteiger partial charge >= 0.3 is 5.97 Å². The van der Waals surface area contributed by atoms with Gasteiger partial charge in [0.05, 0.1) is 25.2 Å². The number of carbonyl (C=O) groups excluding carboxylic acids is 2. The first kappa shape index (κ1) is 25.0. The molecule has 0 spiro atoms. The summed E-state index contributed by atoms with van der Waals surface area (Å²) >= 11 is 0. The van der Waals surface area contributed by atoms with Gasteiger partial charge in [0, 0.05) is 5.69 Å². The molecule has 0 aliphatic heterocycles. The highest BCUT2D eigenvalue weighted by Gasteiger charge is 2.22. The molecule has 0 aliphatic rings. The summed E-state index contributed by atoms with van der Waals surface area (Å²) in [6.07, 6.45) is 0.487. The minimum absolute atomic E-state index is 0.0610. The molecule has 0 aliphatic carbocycles. The van der Waals surface area contributed by atoms with E-state index >= 15 is 0 Å². The molecular weight excluding hydrogens is 426 g/mol. The van der Waals surface area contributed by atoms with Crippen molar-refractivity contribution in [1.29, 1.82) is 0 Å². The number of amides is 1. The van der Waals surface area contributed by atoms with Gasteiger partial charge < -0.3 is 14.8 Å². The molecule has 34 heavy (non-hydrogen) atoms. The molecule has 178 valence electrons. The first-order valence-corrected chi connectivity index (χ1v) is 11.4. The number of benzene rings is 3. The van der Waals surface area contributed by atoms with Crippen molar-refractivity contribution in [3.05, 3.63) is 95.1 Å². The fourth-order valence-electron chi connectivity index (χ4n) is 3.45. The summed E-state index contributed by atoms with van der Waals surface area (Å²) in [5.41, 5.74) is 4.27. The Morgan fingerprint density at radius 2 is 1.50 bits per heavy atom. The first-order valence-electron chi connectivity index (χ1n) is 11.4. The van der Waals surface area contributed by atoms with E-state index in [0.717, 1.165) is 28.1 Å². The molecule has 0 saturated carbocycles.